The molecule has 0 aliphatic carbocycles. The molecule has 0 radical (unpaired) electrons. The topological polar surface area (TPSA) is 53.4 Å². The summed E-state index contributed by atoms with van der Waals surface area (Å²) >= 11 is 0. The number of carbonyl (C=O) groups is 1. The molecule has 0 amide bonds. The van der Waals surface area contributed by atoms with E-state index in [0.717, 1.165) is 5.56 Å². The van der Waals surface area contributed by atoms with E-state index < -0.39 is 12.0 Å². The third-order valence-corrected chi connectivity index (χ3v) is 2.17. The lowest BCUT2D eigenvalue weighted by molar-refractivity contribution is -0.142. The molecule has 0 saturated carbocycles. The number of hydrogen-bond donors (Lipinski definition) is 1. The van der Waals surface area contributed by atoms with Crippen LogP contribution in [0.15, 0.2) is 24.5 Å². The quantitative estimate of drug-likeness (QED) is 0.776. The van der Waals surface area contributed by atoms with Crippen LogP contribution in [-0.4, -0.2) is 34.0 Å². The van der Waals surface area contributed by atoms with Gasteiger partial charge in [0.1, 0.15) is 6.04 Å². The maximum Gasteiger partial charge on any atom is 0.320 e. The molecule has 4 heteroatoms. The second-order valence-electron chi connectivity index (χ2n) is 3.29. The first-order valence-corrected chi connectivity index (χ1v) is 4.43. The number of hydrogen-bond acceptors (Lipinski definition) is 3. The molecule has 1 atom stereocenters. The molecule has 0 saturated heterocycles. The largest absolute Gasteiger partial charge is 0.480 e. The Kier molecular flexibility index (Phi) is 3.59. The summed E-state index contributed by atoms with van der Waals surface area (Å²) in [5.74, 6) is -0.809. The van der Waals surface area contributed by atoms with E-state index in [2.05, 4.69) is 4.98 Å². The van der Waals surface area contributed by atoms with Gasteiger partial charge in [0.25, 0.3) is 0 Å². The van der Waals surface area contributed by atoms with E-state index in [4.69, 9.17) is 5.11 Å². The molecule has 1 aromatic heterocycles. The number of carboxylic acids is 1. The summed E-state index contributed by atoms with van der Waals surface area (Å²) < 4.78 is 0. The first-order valence-electron chi connectivity index (χ1n) is 4.43. The van der Waals surface area contributed by atoms with Crippen LogP contribution >= 0.6 is 0 Å². The second-order valence-corrected chi connectivity index (χ2v) is 3.29. The van der Waals surface area contributed by atoms with Gasteiger partial charge >= 0.3 is 5.97 Å². The van der Waals surface area contributed by atoms with Gasteiger partial charge in [0, 0.05) is 18.9 Å². The zero-order valence-electron chi connectivity index (χ0n) is 8.34. The van der Waals surface area contributed by atoms with Gasteiger partial charge in [-0.25, -0.2) is 0 Å². The fraction of sp³-hybridized carbons (Fsp3) is 0.400. The molecule has 0 aliphatic rings. The summed E-state index contributed by atoms with van der Waals surface area (Å²) in [7, 11) is 1.78. The zero-order chi connectivity index (χ0) is 10.6. The van der Waals surface area contributed by atoms with Crippen molar-refractivity contribution in [2.75, 3.05) is 7.05 Å². The summed E-state index contributed by atoms with van der Waals surface area (Å²) in [5, 5.41) is 8.77. The van der Waals surface area contributed by atoms with Crippen LogP contribution in [0.4, 0.5) is 0 Å². The Hall–Kier alpha value is -1.42. The van der Waals surface area contributed by atoms with Gasteiger partial charge in [-0.15, -0.1) is 0 Å². The smallest absolute Gasteiger partial charge is 0.320 e. The van der Waals surface area contributed by atoms with Crippen molar-refractivity contribution >= 4 is 5.97 Å². The SMILES string of the molecule is CC(C(=O)O)N(C)Cc1cccnc1. The van der Waals surface area contributed by atoms with Gasteiger partial charge < -0.3 is 5.11 Å². The Labute approximate surface area is 83.2 Å². The zero-order valence-corrected chi connectivity index (χ0v) is 8.34. The van der Waals surface area contributed by atoms with Gasteiger partial charge in [0.15, 0.2) is 0 Å². The van der Waals surface area contributed by atoms with Crippen LogP contribution in [-0.2, 0) is 11.3 Å². The summed E-state index contributed by atoms with van der Waals surface area (Å²) in [6.07, 6.45) is 3.44. The minimum atomic E-state index is -0.809. The Morgan fingerprint density at radius 2 is 2.43 bits per heavy atom. The first kappa shape index (κ1) is 10.7. The molecule has 1 heterocycles. The predicted octanol–water partition coefficient (Wildman–Crippen LogP) is 0.986. The number of rotatable bonds is 4. The van der Waals surface area contributed by atoms with Gasteiger partial charge in [-0.1, -0.05) is 6.07 Å². The van der Waals surface area contributed by atoms with Crippen molar-refractivity contribution < 1.29 is 9.90 Å². The van der Waals surface area contributed by atoms with Crippen LogP contribution in [0.3, 0.4) is 0 Å². The van der Waals surface area contributed by atoms with Crippen molar-refractivity contribution in [3.05, 3.63) is 30.1 Å². The van der Waals surface area contributed by atoms with Crippen molar-refractivity contribution in [1.29, 1.82) is 0 Å². The summed E-state index contributed by atoms with van der Waals surface area (Å²) in [6.45, 7) is 2.26. The number of nitrogens with zero attached hydrogens (tertiary/aromatic N) is 2. The second kappa shape index (κ2) is 4.72. The highest BCUT2D eigenvalue weighted by atomic mass is 16.4. The Morgan fingerprint density at radius 1 is 1.71 bits per heavy atom. The monoisotopic (exact) mass is 194 g/mol. The fourth-order valence-electron chi connectivity index (χ4n) is 1.11. The van der Waals surface area contributed by atoms with Crippen molar-refractivity contribution in [1.82, 2.24) is 9.88 Å². The van der Waals surface area contributed by atoms with Gasteiger partial charge in [-0.05, 0) is 25.6 Å². The fourth-order valence-corrected chi connectivity index (χ4v) is 1.11. The molecule has 0 bridgehead atoms. The molecule has 1 rings (SSSR count). The van der Waals surface area contributed by atoms with Crippen LogP contribution in [0.5, 0.6) is 0 Å². The maximum absolute atomic E-state index is 10.7. The van der Waals surface area contributed by atoms with Crippen molar-refractivity contribution in [2.45, 2.75) is 19.5 Å². The molecule has 14 heavy (non-hydrogen) atoms. The van der Waals surface area contributed by atoms with E-state index >= 15 is 0 Å². The van der Waals surface area contributed by atoms with E-state index in [-0.39, 0.29) is 0 Å². The summed E-state index contributed by atoms with van der Waals surface area (Å²) in [6, 6.07) is 3.29. The van der Waals surface area contributed by atoms with Crippen LogP contribution in [0.25, 0.3) is 0 Å². The van der Waals surface area contributed by atoms with Crippen molar-refractivity contribution in [2.24, 2.45) is 0 Å². The molecule has 0 aliphatic heterocycles. The Morgan fingerprint density at radius 3 is 2.93 bits per heavy atom. The molecule has 0 fully saturated rings. The molecular formula is C10H14N2O2. The van der Waals surface area contributed by atoms with Crippen LogP contribution < -0.4 is 0 Å². The summed E-state index contributed by atoms with van der Waals surface area (Å²) in [4.78, 5) is 16.4. The normalized spacial score (nSPS) is 12.8. The molecule has 76 valence electrons. The lowest BCUT2D eigenvalue weighted by atomic mass is 10.2. The van der Waals surface area contributed by atoms with E-state index in [1.54, 1.807) is 31.3 Å². The first-order chi connectivity index (χ1) is 6.61. The van der Waals surface area contributed by atoms with E-state index in [0.29, 0.717) is 6.54 Å². The van der Waals surface area contributed by atoms with Crippen LogP contribution in [0.1, 0.15) is 12.5 Å². The number of aromatic nitrogens is 1. The molecule has 1 unspecified atom stereocenters. The number of aliphatic carboxylic acids is 1. The third kappa shape index (κ3) is 2.81. The maximum atomic E-state index is 10.7. The molecule has 1 aromatic rings. The van der Waals surface area contributed by atoms with E-state index in [1.807, 2.05) is 12.1 Å². The predicted molar refractivity (Wildman–Crippen MR) is 52.8 cm³/mol. The Bertz CT molecular complexity index is 300. The summed E-state index contributed by atoms with van der Waals surface area (Å²) in [5.41, 5.74) is 1.02. The van der Waals surface area contributed by atoms with E-state index in [1.165, 1.54) is 0 Å². The third-order valence-electron chi connectivity index (χ3n) is 2.17. The van der Waals surface area contributed by atoms with E-state index in [9.17, 15) is 4.79 Å². The highest BCUT2D eigenvalue weighted by Crippen LogP contribution is 2.04. The van der Waals surface area contributed by atoms with Crippen molar-refractivity contribution in [3.8, 4) is 0 Å². The highest BCUT2D eigenvalue weighted by Gasteiger charge is 2.16. The molecule has 4 nitrogen and oxygen atoms in total. The lowest BCUT2D eigenvalue weighted by Gasteiger charge is -2.20. The van der Waals surface area contributed by atoms with Gasteiger partial charge in [0.2, 0.25) is 0 Å². The standard InChI is InChI=1S/C10H14N2O2/c1-8(10(13)14)12(2)7-9-4-3-5-11-6-9/h3-6,8H,7H2,1-2H3,(H,13,14). The average molecular weight is 194 g/mol. The number of likely N-dealkylation sites (N-methyl/N-ethyl adjacent to an activating group) is 1. The highest BCUT2D eigenvalue weighted by molar-refractivity contribution is 5.72. The molecule has 0 spiro atoms. The van der Waals surface area contributed by atoms with Crippen LogP contribution in [0.2, 0.25) is 0 Å². The van der Waals surface area contributed by atoms with Gasteiger partial charge in [-0.3, -0.25) is 14.7 Å². The lowest BCUT2D eigenvalue weighted by Crippen LogP contribution is -2.35. The number of pyridine rings is 1. The molecular weight excluding hydrogens is 180 g/mol. The molecule has 0 aromatic carbocycles. The minimum Gasteiger partial charge on any atom is -0.480 e. The van der Waals surface area contributed by atoms with Crippen LogP contribution in [0, 0.1) is 0 Å². The van der Waals surface area contributed by atoms with Crippen molar-refractivity contribution in [3.63, 3.8) is 0 Å². The average Bonchev–Trinajstić information content (AvgIpc) is 2.18. The molecule has 1 N–H and O–H groups in total. The van der Waals surface area contributed by atoms with Gasteiger partial charge in [-0.2, -0.15) is 0 Å². The minimum absolute atomic E-state index is 0.477. The van der Waals surface area contributed by atoms with Gasteiger partial charge in [0.05, 0.1) is 0 Å². The Balaban J connectivity index is 2.57. The number of carboxylic acid groups (broad SMARTS) is 1.